The molecule has 2 aromatic carbocycles. The maximum Gasteiger partial charge on any atom is 0.255 e. The lowest BCUT2D eigenvalue weighted by Crippen LogP contribution is -2.21. The Kier molecular flexibility index (Phi) is 3.21. The van der Waals surface area contributed by atoms with Gasteiger partial charge in [-0.25, -0.2) is 4.39 Å². The predicted molar refractivity (Wildman–Crippen MR) is 74.9 cm³/mol. The number of ether oxygens (including phenoxy) is 1. The van der Waals surface area contributed by atoms with Crippen LogP contribution in [0.2, 0.25) is 0 Å². The molecule has 0 saturated heterocycles. The van der Waals surface area contributed by atoms with E-state index >= 15 is 0 Å². The van der Waals surface area contributed by atoms with E-state index in [1.54, 1.807) is 6.08 Å². The first kappa shape index (κ1) is 12.4. The molecule has 20 heavy (non-hydrogen) atoms. The zero-order valence-corrected chi connectivity index (χ0v) is 10.6. The van der Waals surface area contributed by atoms with Crippen molar-refractivity contribution in [2.24, 2.45) is 0 Å². The van der Waals surface area contributed by atoms with Crippen molar-refractivity contribution in [1.82, 2.24) is 0 Å². The molecule has 2 aromatic rings. The number of benzene rings is 2. The van der Waals surface area contributed by atoms with E-state index in [-0.39, 0.29) is 18.3 Å². The number of hydrogen-bond acceptors (Lipinski definition) is 2. The summed E-state index contributed by atoms with van der Waals surface area (Å²) in [5.74, 6) is 0.189. The standard InChI is InChI=1S/C16H12FNO2/c17-13-5-7-14(8-6-13)18-16(19)12-9-11-3-1-2-4-15(11)20-10-12/h1-9H,10H2,(H,18,19). The summed E-state index contributed by atoms with van der Waals surface area (Å²) >= 11 is 0. The van der Waals surface area contributed by atoms with Crippen molar-refractivity contribution in [3.63, 3.8) is 0 Å². The number of fused-ring (bicyclic) bond motifs is 1. The first-order valence-corrected chi connectivity index (χ1v) is 6.22. The smallest absolute Gasteiger partial charge is 0.255 e. The number of rotatable bonds is 2. The van der Waals surface area contributed by atoms with Crippen LogP contribution in [-0.4, -0.2) is 12.5 Å². The Morgan fingerprint density at radius 1 is 1.10 bits per heavy atom. The number of nitrogens with one attached hydrogen (secondary N) is 1. The van der Waals surface area contributed by atoms with Gasteiger partial charge in [0.2, 0.25) is 0 Å². The van der Waals surface area contributed by atoms with E-state index in [1.165, 1.54) is 24.3 Å². The molecule has 1 aliphatic rings. The maximum atomic E-state index is 12.8. The summed E-state index contributed by atoms with van der Waals surface area (Å²) in [5.41, 5.74) is 1.96. The molecular weight excluding hydrogens is 257 g/mol. The van der Waals surface area contributed by atoms with Crippen LogP contribution in [0.4, 0.5) is 10.1 Å². The van der Waals surface area contributed by atoms with Crippen molar-refractivity contribution < 1.29 is 13.9 Å². The Bertz CT molecular complexity index is 677. The lowest BCUT2D eigenvalue weighted by Gasteiger charge is -2.17. The molecule has 0 unspecified atom stereocenters. The Balaban J connectivity index is 1.78. The van der Waals surface area contributed by atoms with Crippen molar-refractivity contribution in [1.29, 1.82) is 0 Å². The summed E-state index contributed by atoms with van der Waals surface area (Å²) in [6, 6.07) is 13.2. The molecule has 100 valence electrons. The molecule has 4 heteroatoms. The van der Waals surface area contributed by atoms with E-state index in [0.29, 0.717) is 11.3 Å². The number of amides is 1. The molecule has 0 saturated carbocycles. The fraction of sp³-hybridized carbons (Fsp3) is 0.0625. The fourth-order valence-corrected chi connectivity index (χ4v) is 1.99. The fourth-order valence-electron chi connectivity index (χ4n) is 1.99. The van der Waals surface area contributed by atoms with Crippen LogP contribution in [0.3, 0.4) is 0 Å². The van der Waals surface area contributed by atoms with Crippen LogP contribution in [-0.2, 0) is 4.79 Å². The van der Waals surface area contributed by atoms with Crippen LogP contribution in [0.1, 0.15) is 5.56 Å². The highest BCUT2D eigenvalue weighted by Gasteiger charge is 2.16. The topological polar surface area (TPSA) is 38.3 Å². The van der Waals surface area contributed by atoms with Gasteiger partial charge in [0, 0.05) is 11.3 Å². The number of anilines is 1. The molecule has 3 rings (SSSR count). The normalized spacial score (nSPS) is 12.9. The van der Waals surface area contributed by atoms with Crippen molar-refractivity contribution in [2.75, 3.05) is 11.9 Å². The Hall–Kier alpha value is -2.62. The molecule has 1 aliphatic heterocycles. The predicted octanol–water partition coefficient (Wildman–Crippen LogP) is 3.24. The van der Waals surface area contributed by atoms with Gasteiger partial charge in [0.25, 0.3) is 5.91 Å². The monoisotopic (exact) mass is 269 g/mol. The molecule has 0 aliphatic carbocycles. The summed E-state index contributed by atoms with van der Waals surface area (Å²) in [6.45, 7) is 0.226. The highest BCUT2D eigenvalue weighted by Crippen LogP contribution is 2.26. The average molecular weight is 269 g/mol. The lowest BCUT2D eigenvalue weighted by atomic mass is 10.1. The van der Waals surface area contributed by atoms with Gasteiger partial charge in [0.15, 0.2) is 0 Å². The number of hydrogen-bond donors (Lipinski definition) is 1. The van der Waals surface area contributed by atoms with Crippen LogP contribution < -0.4 is 10.1 Å². The zero-order valence-electron chi connectivity index (χ0n) is 10.6. The number of carbonyl (C=O) groups is 1. The molecule has 0 fully saturated rings. The average Bonchev–Trinajstić information content (AvgIpc) is 2.49. The van der Waals surface area contributed by atoms with E-state index in [2.05, 4.69) is 5.32 Å². The zero-order chi connectivity index (χ0) is 13.9. The van der Waals surface area contributed by atoms with E-state index in [0.717, 1.165) is 11.3 Å². The third-order valence-corrected chi connectivity index (χ3v) is 3.03. The van der Waals surface area contributed by atoms with E-state index < -0.39 is 0 Å². The minimum atomic E-state index is -0.336. The first-order valence-electron chi connectivity index (χ1n) is 6.22. The largest absolute Gasteiger partial charge is 0.488 e. The lowest BCUT2D eigenvalue weighted by molar-refractivity contribution is -0.113. The second-order valence-corrected chi connectivity index (χ2v) is 4.46. The highest BCUT2D eigenvalue weighted by atomic mass is 19.1. The van der Waals surface area contributed by atoms with E-state index in [1.807, 2.05) is 24.3 Å². The van der Waals surface area contributed by atoms with Crippen molar-refractivity contribution in [3.05, 3.63) is 65.5 Å². The van der Waals surface area contributed by atoms with Gasteiger partial charge in [0.1, 0.15) is 18.2 Å². The highest BCUT2D eigenvalue weighted by molar-refractivity contribution is 6.07. The van der Waals surface area contributed by atoms with Gasteiger partial charge >= 0.3 is 0 Å². The van der Waals surface area contributed by atoms with Crippen LogP contribution in [0, 0.1) is 5.82 Å². The van der Waals surface area contributed by atoms with Crippen LogP contribution in [0.25, 0.3) is 6.08 Å². The molecule has 0 spiro atoms. The molecule has 0 aromatic heterocycles. The maximum absolute atomic E-state index is 12.8. The van der Waals surface area contributed by atoms with Crippen molar-refractivity contribution in [2.45, 2.75) is 0 Å². The third kappa shape index (κ3) is 2.54. The summed E-state index contributed by atoms with van der Waals surface area (Å²) in [6.07, 6.45) is 1.80. The summed E-state index contributed by atoms with van der Waals surface area (Å²) < 4.78 is 18.3. The first-order chi connectivity index (χ1) is 9.72. The molecule has 3 nitrogen and oxygen atoms in total. The van der Waals surface area contributed by atoms with Crippen LogP contribution >= 0.6 is 0 Å². The second-order valence-electron chi connectivity index (χ2n) is 4.46. The quantitative estimate of drug-likeness (QED) is 0.909. The van der Waals surface area contributed by atoms with E-state index in [9.17, 15) is 9.18 Å². The van der Waals surface area contributed by atoms with E-state index in [4.69, 9.17) is 4.74 Å². The molecule has 0 bridgehead atoms. The second kappa shape index (κ2) is 5.17. The Morgan fingerprint density at radius 3 is 2.65 bits per heavy atom. The minimum Gasteiger partial charge on any atom is -0.488 e. The molecule has 1 N–H and O–H groups in total. The van der Waals surface area contributed by atoms with Crippen LogP contribution in [0.15, 0.2) is 54.1 Å². The van der Waals surface area contributed by atoms with Gasteiger partial charge in [0.05, 0.1) is 5.57 Å². The SMILES string of the molecule is O=C(Nc1ccc(F)cc1)C1=Cc2ccccc2OC1. The summed E-state index contributed by atoms with van der Waals surface area (Å²) in [4.78, 5) is 12.1. The van der Waals surface area contributed by atoms with Crippen molar-refractivity contribution in [3.8, 4) is 5.75 Å². The Morgan fingerprint density at radius 2 is 1.85 bits per heavy atom. The minimum absolute atomic E-state index is 0.226. The number of halogens is 1. The van der Waals surface area contributed by atoms with Gasteiger partial charge in [-0.05, 0) is 36.4 Å². The third-order valence-electron chi connectivity index (χ3n) is 3.03. The molecule has 1 heterocycles. The van der Waals surface area contributed by atoms with Gasteiger partial charge in [-0.1, -0.05) is 18.2 Å². The molecule has 1 amide bonds. The Labute approximate surface area is 115 Å². The van der Waals surface area contributed by atoms with Gasteiger partial charge in [-0.15, -0.1) is 0 Å². The molecular formula is C16H12FNO2. The number of carbonyl (C=O) groups excluding carboxylic acids is 1. The number of para-hydroxylation sites is 1. The van der Waals surface area contributed by atoms with Crippen LogP contribution in [0.5, 0.6) is 5.75 Å². The van der Waals surface area contributed by atoms with Gasteiger partial charge < -0.3 is 10.1 Å². The summed E-state index contributed by atoms with van der Waals surface area (Å²) in [5, 5.41) is 2.72. The molecule has 0 radical (unpaired) electrons. The van der Waals surface area contributed by atoms with Gasteiger partial charge in [-0.2, -0.15) is 0 Å². The van der Waals surface area contributed by atoms with Crippen molar-refractivity contribution >= 4 is 17.7 Å². The summed E-state index contributed by atoms with van der Waals surface area (Å²) in [7, 11) is 0. The van der Waals surface area contributed by atoms with Gasteiger partial charge in [-0.3, -0.25) is 4.79 Å². The molecule has 0 atom stereocenters.